The van der Waals surface area contributed by atoms with E-state index in [1.54, 1.807) is 30.3 Å². The molecule has 0 saturated heterocycles. The Balaban J connectivity index is 1.80. The van der Waals surface area contributed by atoms with Crippen molar-refractivity contribution in [1.82, 2.24) is 14.8 Å². The Hall–Kier alpha value is -1.43. The second-order valence-electron chi connectivity index (χ2n) is 7.83. The molecule has 1 fully saturated rings. The molecule has 1 aliphatic heterocycles. The zero-order chi connectivity index (χ0) is 18.1. The van der Waals surface area contributed by atoms with E-state index < -0.39 is 0 Å². The number of thiazole rings is 1. The number of fused-ring (bicyclic) bond motifs is 1. The highest BCUT2D eigenvalue weighted by molar-refractivity contribution is 7.11. The molecule has 2 aliphatic rings. The monoisotopic (exact) mass is 363 g/mol. The molecule has 25 heavy (non-hydrogen) atoms. The van der Waals surface area contributed by atoms with Gasteiger partial charge in [-0.25, -0.2) is 4.98 Å². The first kappa shape index (κ1) is 18.4. The Labute approximate surface area is 154 Å². The summed E-state index contributed by atoms with van der Waals surface area (Å²) in [4.78, 5) is 35.0. The first-order chi connectivity index (χ1) is 11.9. The van der Waals surface area contributed by atoms with Crippen LogP contribution in [0, 0.1) is 18.8 Å². The third kappa shape index (κ3) is 3.89. The van der Waals surface area contributed by atoms with E-state index in [0.717, 1.165) is 47.2 Å². The Morgan fingerprint density at radius 1 is 1.16 bits per heavy atom. The van der Waals surface area contributed by atoms with E-state index in [1.807, 2.05) is 11.8 Å². The summed E-state index contributed by atoms with van der Waals surface area (Å²) in [6.07, 6.45) is 4.98. The Kier molecular flexibility index (Phi) is 5.46. The number of carbonyl (C=O) groups excluding carboxylic acids is 2. The molecule has 1 aromatic rings. The molecule has 5 nitrogen and oxygen atoms in total. The second-order valence-corrected chi connectivity index (χ2v) is 9.12. The van der Waals surface area contributed by atoms with Gasteiger partial charge in [0.1, 0.15) is 0 Å². The number of aromatic nitrogens is 1. The minimum Gasteiger partial charge on any atom is -0.348 e. The van der Waals surface area contributed by atoms with Gasteiger partial charge in [0.05, 0.1) is 23.2 Å². The lowest BCUT2D eigenvalue weighted by atomic mass is 9.82. The van der Waals surface area contributed by atoms with Crippen LogP contribution in [-0.2, 0) is 16.1 Å². The largest absolute Gasteiger partial charge is 0.348 e. The molecule has 0 radical (unpaired) electrons. The van der Waals surface area contributed by atoms with E-state index in [4.69, 9.17) is 0 Å². The molecule has 1 aliphatic carbocycles. The summed E-state index contributed by atoms with van der Waals surface area (Å²) in [5.41, 5.74) is 0.897. The Bertz CT molecular complexity index is 647. The minimum absolute atomic E-state index is 0.0901. The number of hydrogen-bond donors (Lipinski definition) is 0. The summed E-state index contributed by atoms with van der Waals surface area (Å²) < 4.78 is 0. The van der Waals surface area contributed by atoms with Crippen LogP contribution in [0.25, 0.3) is 0 Å². The number of likely N-dealkylation sites (N-methyl/N-ethyl adjacent to an activating group) is 1. The number of nitrogens with zero attached hydrogens (tertiary/aromatic N) is 3. The molecular formula is C19H29N3O2S. The average molecular weight is 364 g/mol. The van der Waals surface area contributed by atoms with Crippen LogP contribution in [0.2, 0.25) is 0 Å². The zero-order valence-electron chi connectivity index (χ0n) is 15.7. The van der Waals surface area contributed by atoms with Crippen molar-refractivity contribution < 1.29 is 9.59 Å². The Morgan fingerprint density at radius 2 is 1.84 bits per heavy atom. The highest BCUT2D eigenvalue weighted by Gasteiger charge is 2.35. The predicted octanol–water partition coefficient (Wildman–Crippen LogP) is 3.18. The van der Waals surface area contributed by atoms with Crippen molar-refractivity contribution in [1.29, 1.82) is 0 Å². The molecule has 6 heteroatoms. The summed E-state index contributed by atoms with van der Waals surface area (Å²) in [5.74, 6) is 1.05. The predicted molar refractivity (Wildman–Crippen MR) is 99.4 cm³/mol. The molecular weight excluding hydrogens is 334 g/mol. The van der Waals surface area contributed by atoms with Gasteiger partial charge in [-0.15, -0.1) is 11.3 Å². The summed E-state index contributed by atoms with van der Waals surface area (Å²) in [7, 11) is 3.58. The molecule has 138 valence electrons. The van der Waals surface area contributed by atoms with Crippen LogP contribution >= 0.6 is 11.3 Å². The van der Waals surface area contributed by atoms with Crippen LogP contribution in [0.3, 0.4) is 0 Å². The molecule has 0 N–H and O–H groups in total. The fraction of sp³-hybridized carbons (Fsp3) is 0.737. The minimum atomic E-state index is -0.223. The van der Waals surface area contributed by atoms with Gasteiger partial charge in [0.25, 0.3) is 0 Å². The van der Waals surface area contributed by atoms with Crippen LogP contribution < -0.4 is 0 Å². The molecule has 1 saturated carbocycles. The van der Waals surface area contributed by atoms with E-state index in [2.05, 4.69) is 11.9 Å². The van der Waals surface area contributed by atoms with Gasteiger partial charge in [-0.3, -0.25) is 9.59 Å². The first-order valence-electron chi connectivity index (χ1n) is 9.33. The van der Waals surface area contributed by atoms with Gasteiger partial charge in [0.2, 0.25) is 11.8 Å². The molecule has 2 heterocycles. The fourth-order valence-electron chi connectivity index (χ4n) is 4.05. The van der Waals surface area contributed by atoms with Crippen LogP contribution in [0.4, 0.5) is 0 Å². The number of hydrogen-bond acceptors (Lipinski definition) is 4. The fourth-order valence-corrected chi connectivity index (χ4v) is 5.06. The van der Waals surface area contributed by atoms with E-state index in [1.165, 1.54) is 0 Å². The molecule has 2 amide bonds. The van der Waals surface area contributed by atoms with Crippen molar-refractivity contribution in [2.75, 3.05) is 20.6 Å². The van der Waals surface area contributed by atoms with E-state index in [9.17, 15) is 9.59 Å². The van der Waals surface area contributed by atoms with Gasteiger partial charge >= 0.3 is 0 Å². The van der Waals surface area contributed by atoms with Crippen molar-refractivity contribution >= 4 is 23.2 Å². The van der Waals surface area contributed by atoms with Crippen molar-refractivity contribution in [2.24, 2.45) is 11.8 Å². The quantitative estimate of drug-likeness (QED) is 0.811. The third-order valence-electron chi connectivity index (χ3n) is 5.60. The van der Waals surface area contributed by atoms with Crippen LogP contribution in [0.15, 0.2) is 0 Å². The van der Waals surface area contributed by atoms with Gasteiger partial charge in [-0.05, 0) is 44.9 Å². The molecule has 0 spiro atoms. The van der Waals surface area contributed by atoms with Crippen molar-refractivity contribution in [3.05, 3.63) is 15.6 Å². The standard InChI is InChI=1S/C19H29N3O2S/c1-12-5-7-14(8-6-12)18(23)22-10-9-15(19(24)21(3)4)17-16(11-22)25-13(2)20-17/h12,14-15H,5-11H2,1-4H3. The van der Waals surface area contributed by atoms with Crippen LogP contribution in [-0.4, -0.2) is 47.2 Å². The normalized spacial score (nSPS) is 26.7. The van der Waals surface area contributed by atoms with Gasteiger partial charge in [-0.2, -0.15) is 0 Å². The Morgan fingerprint density at radius 3 is 2.48 bits per heavy atom. The smallest absolute Gasteiger partial charge is 0.231 e. The molecule has 0 bridgehead atoms. The lowest BCUT2D eigenvalue weighted by Gasteiger charge is -2.30. The van der Waals surface area contributed by atoms with E-state index in [0.29, 0.717) is 19.5 Å². The lowest BCUT2D eigenvalue weighted by Crippen LogP contribution is -2.37. The van der Waals surface area contributed by atoms with E-state index in [-0.39, 0.29) is 23.7 Å². The number of rotatable bonds is 2. The van der Waals surface area contributed by atoms with Gasteiger partial charge in [0, 0.05) is 31.4 Å². The molecule has 1 atom stereocenters. The highest BCUT2D eigenvalue weighted by Crippen LogP contribution is 2.35. The van der Waals surface area contributed by atoms with Gasteiger partial charge < -0.3 is 9.80 Å². The second kappa shape index (κ2) is 7.44. The van der Waals surface area contributed by atoms with Gasteiger partial charge in [-0.1, -0.05) is 6.92 Å². The molecule has 1 aromatic heterocycles. The maximum atomic E-state index is 13.1. The summed E-state index contributed by atoms with van der Waals surface area (Å²) in [6.45, 7) is 5.52. The maximum Gasteiger partial charge on any atom is 0.231 e. The number of carbonyl (C=O) groups is 2. The lowest BCUT2D eigenvalue weighted by molar-refractivity contribution is -0.138. The number of aryl methyl sites for hydroxylation is 1. The number of amides is 2. The molecule has 0 aromatic carbocycles. The third-order valence-corrected chi connectivity index (χ3v) is 6.57. The van der Waals surface area contributed by atoms with Crippen molar-refractivity contribution in [2.45, 2.75) is 58.4 Å². The van der Waals surface area contributed by atoms with Crippen LogP contribution in [0.1, 0.15) is 60.5 Å². The van der Waals surface area contributed by atoms with Gasteiger partial charge in [0.15, 0.2) is 0 Å². The maximum absolute atomic E-state index is 13.1. The summed E-state index contributed by atoms with van der Waals surface area (Å²) >= 11 is 1.63. The SMILES string of the molecule is Cc1nc2c(s1)CN(C(=O)C1CCC(C)CC1)CCC2C(=O)N(C)C. The highest BCUT2D eigenvalue weighted by atomic mass is 32.1. The van der Waals surface area contributed by atoms with Crippen LogP contribution in [0.5, 0.6) is 0 Å². The molecule has 1 unspecified atom stereocenters. The first-order valence-corrected chi connectivity index (χ1v) is 10.1. The zero-order valence-corrected chi connectivity index (χ0v) is 16.6. The summed E-state index contributed by atoms with van der Waals surface area (Å²) in [6, 6.07) is 0. The molecule has 3 rings (SSSR count). The van der Waals surface area contributed by atoms with Crippen molar-refractivity contribution in [3.8, 4) is 0 Å². The van der Waals surface area contributed by atoms with Crippen molar-refractivity contribution in [3.63, 3.8) is 0 Å². The summed E-state index contributed by atoms with van der Waals surface area (Å²) in [5, 5.41) is 0.974. The topological polar surface area (TPSA) is 53.5 Å². The average Bonchev–Trinajstić information content (AvgIpc) is 2.84. The van der Waals surface area contributed by atoms with E-state index >= 15 is 0 Å².